The fourth-order valence-electron chi connectivity index (χ4n) is 7.42. The number of urea groups is 2. The van der Waals surface area contributed by atoms with E-state index in [-0.39, 0.29) is 29.2 Å². The summed E-state index contributed by atoms with van der Waals surface area (Å²) in [4.78, 5) is 66.3. The van der Waals surface area contributed by atoms with Crippen LogP contribution in [0.25, 0.3) is 21.8 Å². The van der Waals surface area contributed by atoms with Gasteiger partial charge in [0.05, 0.1) is 41.6 Å². The number of ether oxygens (including phenoxy) is 2. The smallest absolute Gasteiger partial charge is 0.323 e. The normalized spacial score (nSPS) is 10.7. The van der Waals surface area contributed by atoms with Crippen LogP contribution in [0.5, 0.6) is 23.0 Å². The Bertz CT molecular complexity index is 3580. The Kier molecular flexibility index (Phi) is 15.1. The maximum absolute atomic E-state index is 12.5. The average molecular weight is 990 g/mol. The van der Waals surface area contributed by atoms with E-state index in [0.717, 1.165) is 34.8 Å². The van der Waals surface area contributed by atoms with E-state index in [4.69, 9.17) is 9.47 Å². The van der Waals surface area contributed by atoms with Crippen LogP contribution < -0.4 is 41.4 Å². The summed E-state index contributed by atoms with van der Waals surface area (Å²) in [7, 11) is 3.73. The lowest BCUT2D eigenvalue weighted by Gasteiger charge is -2.11. The van der Waals surface area contributed by atoms with Gasteiger partial charge in [-0.05, 0) is 91.3 Å². The molecule has 4 aromatic carbocycles. The van der Waals surface area contributed by atoms with Gasteiger partial charge in [-0.2, -0.15) is 10.2 Å². The molecule has 0 spiro atoms. The van der Waals surface area contributed by atoms with Crippen molar-refractivity contribution in [3.63, 3.8) is 0 Å². The number of carbonyl (C=O) groups excluding carboxylic acids is 4. The Labute approximate surface area is 422 Å². The molecule has 6 N–H and O–H groups in total. The van der Waals surface area contributed by atoms with Crippen molar-refractivity contribution in [2.75, 3.05) is 33.1 Å². The summed E-state index contributed by atoms with van der Waals surface area (Å²) in [5.74, 6) is 1.19. The molecule has 0 bridgehead atoms. The molecule has 21 nitrogen and oxygen atoms in total. The zero-order valence-electron chi connectivity index (χ0n) is 39.8. The number of carbonyl (C=O) groups is 4. The molecule has 370 valence electrons. The molecule has 21 heteroatoms. The van der Waals surface area contributed by atoms with Crippen LogP contribution in [0.1, 0.15) is 27.4 Å². The summed E-state index contributed by atoms with van der Waals surface area (Å²) in [6, 6.07) is 34.1. The first-order valence-corrected chi connectivity index (χ1v) is 23.0. The van der Waals surface area contributed by atoms with Crippen molar-refractivity contribution in [3.05, 3.63) is 189 Å². The van der Waals surface area contributed by atoms with Gasteiger partial charge in [0.2, 0.25) is 0 Å². The van der Waals surface area contributed by atoms with E-state index in [1.807, 2.05) is 61.3 Å². The van der Waals surface area contributed by atoms with Crippen molar-refractivity contribution >= 4 is 74.1 Å². The third-order valence-electron chi connectivity index (χ3n) is 10.9. The number of anilines is 5. The quantitative estimate of drug-likeness (QED) is 0.0526. The summed E-state index contributed by atoms with van der Waals surface area (Å²) in [5, 5.41) is 27.1. The molecule has 6 heterocycles. The molecule has 10 rings (SSSR count). The van der Waals surface area contributed by atoms with Gasteiger partial charge < -0.3 is 45.9 Å². The van der Waals surface area contributed by atoms with Crippen LogP contribution in [0.3, 0.4) is 0 Å². The van der Waals surface area contributed by atoms with E-state index in [0.29, 0.717) is 58.0 Å². The van der Waals surface area contributed by atoms with Gasteiger partial charge in [0.25, 0.3) is 11.8 Å². The van der Waals surface area contributed by atoms with Crippen LogP contribution in [-0.4, -0.2) is 74.5 Å². The molecule has 0 saturated carbocycles. The Morgan fingerprint density at radius 3 is 1.55 bits per heavy atom. The lowest BCUT2D eigenvalue weighted by molar-refractivity contribution is 0.0946. The molecule has 0 fully saturated rings. The third-order valence-corrected chi connectivity index (χ3v) is 10.9. The molecule has 0 saturated heterocycles. The number of rotatable bonds is 15. The number of imidazole rings is 1. The third kappa shape index (κ3) is 13.0. The molecule has 74 heavy (non-hydrogen) atoms. The molecule has 6 amide bonds. The van der Waals surface area contributed by atoms with Crippen molar-refractivity contribution in [2.24, 2.45) is 14.1 Å². The second kappa shape index (κ2) is 23.0. The zero-order valence-corrected chi connectivity index (χ0v) is 39.8. The van der Waals surface area contributed by atoms with Gasteiger partial charge in [-0.15, -0.1) is 0 Å². The molecule has 6 aromatic heterocycles. The van der Waals surface area contributed by atoms with Crippen LogP contribution in [0.15, 0.2) is 177 Å². The number of nitrogens with one attached hydrogen (secondary N) is 6. The van der Waals surface area contributed by atoms with E-state index in [9.17, 15) is 19.2 Å². The average Bonchev–Trinajstić information content (AvgIpc) is 4.16. The number of pyridine rings is 3. The second-order valence-corrected chi connectivity index (χ2v) is 16.4. The summed E-state index contributed by atoms with van der Waals surface area (Å²) < 4.78 is 17.3. The molecule has 0 unspecified atom stereocenters. The molecule has 0 atom stereocenters. The van der Waals surface area contributed by atoms with Crippen LogP contribution in [0.2, 0.25) is 0 Å². The maximum atomic E-state index is 12.5. The first-order valence-electron chi connectivity index (χ1n) is 23.0. The highest BCUT2D eigenvalue weighted by Crippen LogP contribution is 2.27. The fraction of sp³-hybridized carbons (Fsp3) is 0.0943. The number of hydrogen-bond acceptors (Lipinski definition) is 12. The van der Waals surface area contributed by atoms with Gasteiger partial charge in [0.15, 0.2) is 0 Å². The second-order valence-electron chi connectivity index (χ2n) is 16.4. The highest BCUT2D eigenvalue weighted by molar-refractivity contribution is 6.03. The van der Waals surface area contributed by atoms with Gasteiger partial charge in [-0.25, -0.2) is 14.6 Å². The summed E-state index contributed by atoms with van der Waals surface area (Å²) in [6.45, 7) is 1.27. The first-order chi connectivity index (χ1) is 36.1. The largest absolute Gasteiger partial charge is 0.457 e. The van der Waals surface area contributed by atoms with E-state index in [1.54, 1.807) is 126 Å². The number of nitrogens with zero attached hydrogens (tertiary/aromatic N) is 9. The monoisotopic (exact) mass is 989 g/mol. The number of fused-ring (bicyclic) bond motifs is 2. The van der Waals surface area contributed by atoms with E-state index in [1.165, 1.54) is 18.5 Å². The number of hydrogen-bond donors (Lipinski definition) is 6. The topological polar surface area (TPSA) is 251 Å². The van der Waals surface area contributed by atoms with Crippen molar-refractivity contribution in [1.29, 1.82) is 0 Å². The van der Waals surface area contributed by atoms with Gasteiger partial charge in [0, 0.05) is 116 Å². The first kappa shape index (κ1) is 48.6. The highest BCUT2D eigenvalue weighted by Gasteiger charge is 2.13. The standard InChI is InChI=1S/C27H26N8O3.C26H21N7O3/c1-34-25-7-6-21(14-19(25)17-31-34)33-27(37)32-20-4-2-5-22(15-20)38-23-8-10-29-24(16-23)26(36)30-9-3-12-35-13-11-28-18-35;1-33-24-8-7-19(12-17(24)15-29-33)32-26(35)31-18-4-2-6-21(13-18)36-22-9-11-28-23(14-22)25(34)30-20-5-3-10-27-16-20/h2,4-8,10-11,13-18H,3,9,12H2,1H3,(H,30,36)(H2,32,33,37);2-16H,1H3,(H,30,34)(H2,31,32,35). The fourth-order valence-corrected chi connectivity index (χ4v) is 7.42. The predicted octanol–water partition coefficient (Wildman–Crippen LogP) is 9.47. The zero-order chi connectivity index (χ0) is 51.2. The lowest BCUT2D eigenvalue weighted by Crippen LogP contribution is -2.26. The molecular weight excluding hydrogens is 943 g/mol. The number of aryl methyl sites for hydroxylation is 3. The summed E-state index contributed by atoms with van der Waals surface area (Å²) in [6.07, 6.45) is 15.8. The van der Waals surface area contributed by atoms with E-state index >= 15 is 0 Å². The Hall–Kier alpha value is -10.4. The maximum Gasteiger partial charge on any atom is 0.323 e. The van der Waals surface area contributed by atoms with Crippen molar-refractivity contribution < 1.29 is 28.7 Å². The van der Waals surface area contributed by atoms with Crippen LogP contribution in [-0.2, 0) is 20.6 Å². The van der Waals surface area contributed by atoms with E-state index in [2.05, 4.69) is 62.0 Å². The molecule has 0 aliphatic rings. The molecule has 0 aliphatic heterocycles. The Balaban J connectivity index is 0.000000182. The van der Waals surface area contributed by atoms with Gasteiger partial charge in [0.1, 0.15) is 34.4 Å². The lowest BCUT2D eigenvalue weighted by atomic mass is 10.2. The minimum Gasteiger partial charge on any atom is -0.457 e. The summed E-state index contributed by atoms with van der Waals surface area (Å²) in [5.41, 5.74) is 5.34. The highest BCUT2D eigenvalue weighted by atomic mass is 16.5. The molecule has 10 aromatic rings. The molecule has 0 radical (unpaired) electrons. The SMILES string of the molecule is Cn1ncc2cc(NC(=O)Nc3cccc(Oc4ccnc(C(=O)NCCCn5ccnc5)c4)c3)ccc21.Cn1ncc2cc(NC(=O)Nc3cccc(Oc4ccnc(C(=O)Nc5cccnc5)c4)c3)ccc21. The van der Waals surface area contributed by atoms with Crippen LogP contribution in [0, 0.1) is 0 Å². The van der Waals surface area contributed by atoms with Crippen molar-refractivity contribution in [2.45, 2.75) is 13.0 Å². The van der Waals surface area contributed by atoms with Gasteiger partial charge in [-0.1, -0.05) is 12.1 Å². The van der Waals surface area contributed by atoms with Crippen molar-refractivity contribution in [1.82, 2.24) is 49.4 Å². The van der Waals surface area contributed by atoms with Gasteiger partial charge in [-0.3, -0.25) is 33.9 Å². The molecule has 0 aliphatic carbocycles. The van der Waals surface area contributed by atoms with Crippen molar-refractivity contribution in [3.8, 4) is 23.0 Å². The predicted molar refractivity (Wildman–Crippen MR) is 280 cm³/mol. The minimum absolute atomic E-state index is 0.190. The number of amides is 6. The van der Waals surface area contributed by atoms with E-state index < -0.39 is 6.03 Å². The number of benzene rings is 4. The van der Waals surface area contributed by atoms with Gasteiger partial charge >= 0.3 is 12.1 Å². The number of aromatic nitrogens is 9. The Morgan fingerprint density at radius 1 is 0.500 bits per heavy atom. The Morgan fingerprint density at radius 2 is 1.03 bits per heavy atom. The van der Waals surface area contributed by atoms with Crippen LogP contribution in [0.4, 0.5) is 38.0 Å². The summed E-state index contributed by atoms with van der Waals surface area (Å²) >= 11 is 0. The minimum atomic E-state index is -0.395. The molecular formula is C53H47N15O6. The van der Waals surface area contributed by atoms with Crippen LogP contribution >= 0.6 is 0 Å².